The first-order valence-corrected chi connectivity index (χ1v) is 8.61. The Morgan fingerprint density at radius 3 is 2.45 bits per heavy atom. The van der Waals surface area contributed by atoms with Gasteiger partial charge in [-0.2, -0.15) is 0 Å². The lowest BCUT2D eigenvalue weighted by atomic mass is 10.1. The van der Waals surface area contributed by atoms with Crippen molar-refractivity contribution in [2.75, 3.05) is 25.4 Å². The van der Waals surface area contributed by atoms with E-state index in [9.17, 15) is 13.2 Å². The van der Waals surface area contributed by atoms with E-state index < -0.39 is 10.0 Å². The molecule has 1 heterocycles. The lowest BCUT2D eigenvalue weighted by molar-refractivity contribution is -0.124. The molecule has 0 spiro atoms. The average molecular weight is 326 g/mol. The van der Waals surface area contributed by atoms with Gasteiger partial charge in [0.1, 0.15) is 0 Å². The zero-order valence-electron chi connectivity index (χ0n) is 11.6. The first-order chi connectivity index (χ1) is 8.99. The Hall–Kier alpha value is -0.370. The van der Waals surface area contributed by atoms with Crippen LogP contribution in [0, 0.1) is 5.92 Å². The van der Waals surface area contributed by atoms with E-state index >= 15 is 0 Å². The second-order valence-electron chi connectivity index (χ2n) is 5.48. The Morgan fingerprint density at radius 2 is 1.90 bits per heavy atom. The van der Waals surface area contributed by atoms with E-state index in [4.69, 9.17) is 5.73 Å². The summed E-state index contributed by atoms with van der Waals surface area (Å²) >= 11 is 0. The van der Waals surface area contributed by atoms with Gasteiger partial charge in [-0.3, -0.25) is 4.79 Å². The highest BCUT2D eigenvalue weighted by Crippen LogP contribution is 2.23. The van der Waals surface area contributed by atoms with Gasteiger partial charge in [0.15, 0.2) is 0 Å². The predicted octanol–water partition coefficient (Wildman–Crippen LogP) is 0.0774. The smallest absolute Gasteiger partial charge is 0.223 e. The lowest BCUT2D eigenvalue weighted by Gasteiger charge is -2.16. The SMILES string of the molecule is Cl.N[C@@H]1CC[C@H](C(=O)NCCS(=O)(=O)N2CCCC2)C1. The minimum Gasteiger partial charge on any atom is -0.355 e. The normalized spacial score (nSPS) is 27.2. The van der Waals surface area contributed by atoms with Gasteiger partial charge in [-0.05, 0) is 32.1 Å². The average Bonchev–Trinajstić information content (AvgIpc) is 2.99. The predicted molar refractivity (Wildman–Crippen MR) is 80.2 cm³/mol. The minimum absolute atomic E-state index is 0. The van der Waals surface area contributed by atoms with E-state index in [2.05, 4.69) is 5.32 Å². The lowest BCUT2D eigenvalue weighted by Crippen LogP contribution is -2.38. The highest BCUT2D eigenvalue weighted by molar-refractivity contribution is 7.89. The number of carbonyl (C=O) groups excluding carboxylic acids is 1. The van der Waals surface area contributed by atoms with Gasteiger partial charge < -0.3 is 11.1 Å². The van der Waals surface area contributed by atoms with Crippen LogP contribution < -0.4 is 11.1 Å². The fourth-order valence-electron chi connectivity index (χ4n) is 2.80. The summed E-state index contributed by atoms with van der Waals surface area (Å²) in [6.45, 7) is 1.44. The Labute approximate surface area is 126 Å². The van der Waals surface area contributed by atoms with Gasteiger partial charge >= 0.3 is 0 Å². The van der Waals surface area contributed by atoms with Crippen LogP contribution in [0.4, 0.5) is 0 Å². The number of halogens is 1. The molecule has 0 aromatic carbocycles. The van der Waals surface area contributed by atoms with E-state index in [1.165, 1.54) is 4.31 Å². The van der Waals surface area contributed by atoms with Crippen molar-refractivity contribution in [3.63, 3.8) is 0 Å². The summed E-state index contributed by atoms with van der Waals surface area (Å²) < 4.78 is 25.4. The number of hydrogen-bond acceptors (Lipinski definition) is 4. The van der Waals surface area contributed by atoms with Gasteiger partial charge in [0, 0.05) is 31.6 Å². The molecule has 2 fully saturated rings. The maximum absolute atomic E-state index is 11.9. The number of amides is 1. The standard InChI is InChI=1S/C12H23N3O3S.ClH/c13-11-4-3-10(9-11)12(16)14-5-8-19(17,18)15-6-1-2-7-15;/h10-11H,1-9,13H2,(H,14,16);1H/t10-,11+;/m0./s1. The maximum Gasteiger partial charge on any atom is 0.223 e. The summed E-state index contributed by atoms with van der Waals surface area (Å²) in [6, 6.07) is 0.115. The number of carbonyl (C=O) groups is 1. The number of nitrogens with two attached hydrogens (primary N) is 1. The van der Waals surface area contributed by atoms with Crippen molar-refractivity contribution in [1.29, 1.82) is 0 Å². The number of nitrogens with one attached hydrogen (secondary N) is 1. The molecule has 1 aliphatic heterocycles. The van der Waals surface area contributed by atoms with Crippen molar-refractivity contribution in [3.8, 4) is 0 Å². The van der Waals surface area contributed by atoms with Gasteiger partial charge in [0.2, 0.25) is 15.9 Å². The maximum atomic E-state index is 11.9. The van der Waals surface area contributed by atoms with Gasteiger partial charge in [-0.25, -0.2) is 12.7 Å². The van der Waals surface area contributed by atoms with Crippen LogP contribution in [0.2, 0.25) is 0 Å². The van der Waals surface area contributed by atoms with E-state index in [-0.39, 0.29) is 42.6 Å². The Balaban J connectivity index is 0.00000200. The molecule has 2 aliphatic rings. The zero-order valence-corrected chi connectivity index (χ0v) is 13.2. The van der Waals surface area contributed by atoms with Crippen molar-refractivity contribution < 1.29 is 13.2 Å². The second-order valence-corrected chi connectivity index (χ2v) is 7.57. The third-order valence-corrected chi connectivity index (χ3v) is 5.83. The van der Waals surface area contributed by atoms with Crippen molar-refractivity contribution in [1.82, 2.24) is 9.62 Å². The van der Waals surface area contributed by atoms with Gasteiger partial charge in [-0.1, -0.05) is 0 Å². The Morgan fingerprint density at radius 1 is 1.25 bits per heavy atom. The van der Waals surface area contributed by atoms with Crippen LogP contribution in [0.5, 0.6) is 0 Å². The quantitative estimate of drug-likeness (QED) is 0.748. The van der Waals surface area contributed by atoms with Crippen LogP contribution in [0.1, 0.15) is 32.1 Å². The molecule has 2 rings (SSSR count). The van der Waals surface area contributed by atoms with Crippen molar-refractivity contribution in [2.45, 2.75) is 38.1 Å². The third-order valence-electron chi connectivity index (χ3n) is 3.96. The van der Waals surface area contributed by atoms with Crippen LogP contribution in [-0.4, -0.2) is 50.1 Å². The molecular weight excluding hydrogens is 302 g/mol. The van der Waals surface area contributed by atoms with Crippen LogP contribution in [-0.2, 0) is 14.8 Å². The van der Waals surface area contributed by atoms with Crippen molar-refractivity contribution >= 4 is 28.3 Å². The molecule has 6 nitrogen and oxygen atoms in total. The first-order valence-electron chi connectivity index (χ1n) is 7.00. The number of sulfonamides is 1. The summed E-state index contributed by atoms with van der Waals surface area (Å²) in [5.41, 5.74) is 5.76. The van der Waals surface area contributed by atoms with Gasteiger partial charge in [-0.15, -0.1) is 12.4 Å². The minimum atomic E-state index is -3.20. The summed E-state index contributed by atoms with van der Waals surface area (Å²) in [6.07, 6.45) is 4.28. The highest BCUT2D eigenvalue weighted by atomic mass is 35.5. The summed E-state index contributed by atoms with van der Waals surface area (Å²) in [7, 11) is -3.20. The van der Waals surface area contributed by atoms with Gasteiger partial charge in [0.25, 0.3) is 0 Å². The molecule has 0 aromatic rings. The molecule has 0 unspecified atom stereocenters. The van der Waals surface area contributed by atoms with Crippen LogP contribution in [0.3, 0.4) is 0 Å². The molecule has 0 bridgehead atoms. The molecule has 8 heteroatoms. The molecule has 3 N–H and O–H groups in total. The molecule has 1 aliphatic carbocycles. The molecular formula is C12H24ClN3O3S. The molecule has 118 valence electrons. The monoisotopic (exact) mass is 325 g/mol. The molecule has 0 radical (unpaired) electrons. The molecule has 1 amide bonds. The number of nitrogens with zero attached hydrogens (tertiary/aromatic N) is 1. The Kier molecular flexibility index (Phi) is 6.71. The highest BCUT2D eigenvalue weighted by Gasteiger charge is 2.28. The van der Waals surface area contributed by atoms with E-state index in [1.807, 2.05) is 0 Å². The van der Waals surface area contributed by atoms with Crippen molar-refractivity contribution in [3.05, 3.63) is 0 Å². The molecule has 2 atom stereocenters. The molecule has 1 saturated heterocycles. The van der Waals surface area contributed by atoms with Crippen molar-refractivity contribution in [2.24, 2.45) is 11.7 Å². The second kappa shape index (κ2) is 7.59. The van der Waals surface area contributed by atoms with E-state index in [1.54, 1.807) is 0 Å². The summed E-state index contributed by atoms with van der Waals surface area (Å²) in [4.78, 5) is 11.8. The fraction of sp³-hybridized carbons (Fsp3) is 0.917. The van der Waals surface area contributed by atoms with Gasteiger partial charge in [0.05, 0.1) is 5.75 Å². The number of hydrogen-bond donors (Lipinski definition) is 2. The molecule has 1 saturated carbocycles. The van der Waals surface area contributed by atoms with E-state index in [0.29, 0.717) is 19.5 Å². The summed E-state index contributed by atoms with van der Waals surface area (Å²) in [5.74, 6) is -0.0913. The van der Waals surface area contributed by atoms with E-state index in [0.717, 1.165) is 25.7 Å². The topological polar surface area (TPSA) is 92.5 Å². The van der Waals surface area contributed by atoms with Crippen LogP contribution >= 0.6 is 12.4 Å². The molecule has 0 aromatic heterocycles. The first kappa shape index (κ1) is 17.7. The fourth-order valence-corrected chi connectivity index (χ4v) is 4.23. The summed E-state index contributed by atoms with van der Waals surface area (Å²) in [5, 5.41) is 2.72. The largest absolute Gasteiger partial charge is 0.355 e. The van der Waals surface area contributed by atoms with Crippen LogP contribution in [0.25, 0.3) is 0 Å². The number of rotatable bonds is 5. The Bertz CT molecular complexity index is 424. The van der Waals surface area contributed by atoms with Crippen LogP contribution in [0.15, 0.2) is 0 Å². The zero-order chi connectivity index (χ0) is 13.9. The third kappa shape index (κ3) is 4.58. The molecule has 20 heavy (non-hydrogen) atoms.